The molecule has 4 aromatic heterocycles. The van der Waals surface area contributed by atoms with Crippen molar-refractivity contribution in [3.8, 4) is 0 Å². The summed E-state index contributed by atoms with van der Waals surface area (Å²) in [5, 5.41) is 36.5. The summed E-state index contributed by atoms with van der Waals surface area (Å²) in [7, 11) is 0. The van der Waals surface area contributed by atoms with Crippen LogP contribution in [-0.2, 0) is 17.1 Å². The van der Waals surface area contributed by atoms with Crippen LogP contribution in [0.5, 0.6) is 0 Å². The van der Waals surface area contributed by atoms with Crippen LogP contribution in [0.2, 0.25) is 0 Å². The van der Waals surface area contributed by atoms with Gasteiger partial charge in [0.05, 0.1) is 0 Å². The molecule has 0 aliphatic carbocycles. The Hall–Kier alpha value is -3.68. The molecule has 0 aliphatic rings. The Morgan fingerprint density at radius 2 is 0.432 bits per heavy atom. The molecule has 0 unspecified atom stereocenters. The molecule has 4 aromatic rings. The number of hydrogen-bond acceptors (Lipinski definition) is 4. The molecule has 4 N–H and O–H groups in total. The maximum atomic E-state index is 9.12. The standard InChI is InChI=1S/4C7H10NO.Fe/c4*1-6-4-3-5-7(2)8(6)9;/h4*3-5,9H,1-2H3;/q4*+1;+3. The Morgan fingerprint density at radius 1 is 0.324 bits per heavy atom. The Labute approximate surface area is 230 Å². The van der Waals surface area contributed by atoms with Crippen LogP contribution in [0, 0.1) is 55.4 Å². The summed E-state index contributed by atoms with van der Waals surface area (Å²) in [6.07, 6.45) is 0. The Morgan fingerprint density at radius 3 is 0.514 bits per heavy atom. The van der Waals surface area contributed by atoms with Crippen LogP contribution < -0.4 is 18.9 Å². The van der Waals surface area contributed by atoms with Crippen molar-refractivity contribution in [2.45, 2.75) is 55.4 Å². The number of aromatic nitrogens is 4. The van der Waals surface area contributed by atoms with Crippen molar-refractivity contribution in [1.29, 1.82) is 0 Å². The van der Waals surface area contributed by atoms with Gasteiger partial charge in [0.25, 0.3) is 0 Å². The summed E-state index contributed by atoms with van der Waals surface area (Å²) in [6.45, 7) is 14.8. The predicted octanol–water partition coefficient (Wildman–Crippen LogP) is 3.31. The molecular formula is C28H40FeN4O4+7. The average molecular weight is 552 g/mol. The van der Waals surface area contributed by atoms with E-state index in [9.17, 15) is 0 Å². The molecule has 0 aromatic carbocycles. The fourth-order valence-corrected chi connectivity index (χ4v) is 2.98. The van der Waals surface area contributed by atoms with E-state index >= 15 is 0 Å². The van der Waals surface area contributed by atoms with E-state index in [0.29, 0.717) is 0 Å². The van der Waals surface area contributed by atoms with Gasteiger partial charge in [-0.2, -0.15) is 0 Å². The number of nitrogens with zero attached hydrogens (tertiary/aromatic N) is 4. The van der Waals surface area contributed by atoms with Gasteiger partial charge in [-0.1, -0.05) is 0 Å². The normalized spacial score (nSPS) is 9.30. The predicted molar refractivity (Wildman–Crippen MR) is 133 cm³/mol. The van der Waals surface area contributed by atoms with Crippen molar-refractivity contribution in [2.75, 3.05) is 0 Å². The fraction of sp³-hybridized carbons (Fsp3) is 0.286. The fourth-order valence-electron chi connectivity index (χ4n) is 2.98. The maximum absolute atomic E-state index is 9.12. The van der Waals surface area contributed by atoms with Gasteiger partial charge in [0.2, 0.25) is 45.6 Å². The van der Waals surface area contributed by atoms with Crippen LogP contribution in [0.4, 0.5) is 0 Å². The molecule has 4 rings (SSSR count). The minimum atomic E-state index is 0. The van der Waals surface area contributed by atoms with Gasteiger partial charge < -0.3 is 0 Å². The minimum absolute atomic E-state index is 0. The first-order valence-electron chi connectivity index (χ1n) is 11.6. The molecule has 0 saturated heterocycles. The summed E-state index contributed by atoms with van der Waals surface area (Å²) in [5.74, 6) is 0. The third-order valence-corrected chi connectivity index (χ3v) is 5.37. The van der Waals surface area contributed by atoms with Gasteiger partial charge >= 0.3 is 17.1 Å². The molecule has 4 heterocycles. The first kappa shape index (κ1) is 33.3. The summed E-state index contributed by atoms with van der Waals surface area (Å²) >= 11 is 0. The van der Waals surface area contributed by atoms with Crippen LogP contribution >= 0.6 is 0 Å². The second-order valence-corrected chi connectivity index (χ2v) is 8.48. The molecule has 0 aliphatic heterocycles. The second-order valence-electron chi connectivity index (χ2n) is 8.48. The quantitative estimate of drug-likeness (QED) is 0.153. The van der Waals surface area contributed by atoms with Crippen molar-refractivity contribution >= 4 is 0 Å². The number of pyridine rings is 4. The van der Waals surface area contributed by atoms with E-state index in [1.165, 1.54) is 18.9 Å². The third kappa shape index (κ3) is 10.9. The minimum Gasteiger partial charge on any atom is -0.285 e. The summed E-state index contributed by atoms with van der Waals surface area (Å²) in [4.78, 5) is 0. The summed E-state index contributed by atoms with van der Waals surface area (Å²) < 4.78 is 4.67. The van der Waals surface area contributed by atoms with Gasteiger partial charge in [-0.25, -0.2) is 0 Å². The van der Waals surface area contributed by atoms with Crippen LogP contribution in [0.15, 0.2) is 72.8 Å². The van der Waals surface area contributed by atoms with E-state index < -0.39 is 0 Å². The zero-order valence-electron chi connectivity index (χ0n) is 22.9. The molecule has 0 amide bonds. The Kier molecular flexibility index (Phi) is 14.5. The first-order chi connectivity index (χ1) is 16.9. The smallest absolute Gasteiger partial charge is 0.285 e. The summed E-state index contributed by atoms with van der Waals surface area (Å²) in [6, 6.07) is 22.5. The van der Waals surface area contributed by atoms with E-state index in [1.54, 1.807) is 0 Å². The van der Waals surface area contributed by atoms with Crippen LogP contribution in [0.3, 0.4) is 0 Å². The first-order valence-corrected chi connectivity index (χ1v) is 11.6. The molecule has 197 valence electrons. The van der Waals surface area contributed by atoms with Crippen molar-refractivity contribution in [2.24, 2.45) is 0 Å². The van der Waals surface area contributed by atoms with Crippen LogP contribution in [0.1, 0.15) is 45.6 Å². The third-order valence-electron chi connectivity index (χ3n) is 5.37. The molecule has 8 nitrogen and oxygen atoms in total. The van der Waals surface area contributed by atoms with Crippen LogP contribution in [0.25, 0.3) is 0 Å². The molecule has 0 atom stereocenters. The van der Waals surface area contributed by atoms with Crippen molar-refractivity contribution in [1.82, 2.24) is 0 Å². The van der Waals surface area contributed by atoms with Gasteiger partial charge in [0, 0.05) is 123 Å². The van der Waals surface area contributed by atoms with Crippen LogP contribution in [-0.4, -0.2) is 20.8 Å². The number of rotatable bonds is 0. The largest absolute Gasteiger partial charge is 3.00 e. The molecule has 37 heavy (non-hydrogen) atoms. The zero-order valence-corrected chi connectivity index (χ0v) is 24.0. The molecule has 1 radical (unpaired) electrons. The Balaban J connectivity index is 0.000000463. The molecule has 0 spiro atoms. The molecular weight excluding hydrogens is 512 g/mol. The maximum Gasteiger partial charge on any atom is 3.00 e. The molecule has 0 saturated carbocycles. The topological polar surface area (TPSA) is 96.4 Å². The van der Waals surface area contributed by atoms with E-state index in [4.69, 9.17) is 20.8 Å². The van der Waals surface area contributed by atoms with Gasteiger partial charge in [-0.3, -0.25) is 20.8 Å². The van der Waals surface area contributed by atoms with Crippen molar-refractivity contribution in [3.63, 3.8) is 0 Å². The van der Waals surface area contributed by atoms with E-state index in [1.807, 2.05) is 128 Å². The van der Waals surface area contributed by atoms with Crippen molar-refractivity contribution < 1.29 is 56.8 Å². The van der Waals surface area contributed by atoms with Gasteiger partial charge in [0.15, 0.2) is 0 Å². The monoisotopic (exact) mass is 552 g/mol. The van der Waals surface area contributed by atoms with Gasteiger partial charge in [0.1, 0.15) is 0 Å². The number of aryl methyl sites for hydroxylation is 8. The van der Waals surface area contributed by atoms with Gasteiger partial charge in [-0.05, 0) is 24.3 Å². The molecule has 0 fully saturated rings. The average Bonchev–Trinajstić information content (AvgIpc) is 2.84. The molecule has 9 heteroatoms. The van der Waals surface area contributed by atoms with E-state index in [-0.39, 0.29) is 17.1 Å². The van der Waals surface area contributed by atoms with Crippen molar-refractivity contribution in [3.05, 3.63) is 118 Å². The molecule has 0 bridgehead atoms. The van der Waals surface area contributed by atoms with E-state index in [2.05, 4.69) is 0 Å². The zero-order chi connectivity index (χ0) is 27.4. The van der Waals surface area contributed by atoms with E-state index in [0.717, 1.165) is 45.6 Å². The SMILES string of the molecule is Cc1cccc(C)[n+]1O.Cc1cccc(C)[n+]1O.Cc1cccc(C)[n+]1O.Cc1cccc(C)[n+]1O.[Fe+3]. The second kappa shape index (κ2) is 16.1. The number of hydrogen-bond donors (Lipinski definition) is 4. The van der Waals surface area contributed by atoms with Gasteiger partial charge in [-0.15, -0.1) is 0 Å². The summed E-state index contributed by atoms with van der Waals surface area (Å²) in [5.41, 5.74) is 6.85. The Bertz CT molecular complexity index is 1000.